The standard InChI is InChI=1S/C43H42IN3S5/c1-6-12-29(37-14-10-20-49-37)22-31-24-41-35(45(31)18-8-3)26-39(51-41)33-16-17-34(43(28(33)5)47(44)48)40-27-36-42(52-40)25-32(46(36)19-9-4)23-30(13-7-2)38-15-11-21-50-38/h11,14-17,21-28,43,48H,8-10,18-20H2,1-5H3/b29-22+,30-23+/t28-,43?/m1/s1. The number of hydrogen-bond acceptors (Lipinski definition) is 6. The molecular formula is C43H42IN3S5. The number of thiol groups is 1. The van der Waals surface area contributed by atoms with Crippen molar-refractivity contribution in [3.05, 3.63) is 96.5 Å². The number of thioether (sulfide) groups is 1. The van der Waals surface area contributed by atoms with Gasteiger partial charge in [-0.05, 0) is 92.1 Å². The second kappa shape index (κ2) is 16.8. The van der Waals surface area contributed by atoms with Gasteiger partial charge >= 0.3 is 0 Å². The molecule has 0 spiro atoms. The van der Waals surface area contributed by atoms with Crippen LogP contribution in [0.15, 0.2) is 70.5 Å². The quantitative estimate of drug-likeness (QED) is 0.0614. The van der Waals surface area contributed by atoms with Crippen LogP contribution in [0.1, 0.15) is 79.9 Å². The van der Waals surface area contributed by atoms with E-state index in [1.54, 1.807) is 11.3 Å². The first-order valence-electron chi connectivity index (χ1n) is 17.8. The van der Waals surface area contributed by atoms with Crippen LogP contribution < -0.4 is 0 Å². The van der Waals surface area contributed by atoms with Crippen molar-refractivity contribution in [3.63, 3.8) is 0 Å². The Morgan fingerprint density at radius 3 is 2.04 bits per heavy atom. The molecule has 0 saturated heterocycles. The van der Waals surface area contributed by atoms with Gasteiger partial charge in [0.1, 0.15) is 0 Å². The lowest BCUT2D eigenvalue weighted by molar-refractivity contribution is 0.543. The summed E-state index contributed by atoms with van der Waals surface area (Å²) < 4.78 is 9.69. The predicted molar refractivity (Wildman–Crippen MR) is 246 cm³/mol. The number of rotatable bonds is 11. The van der Waals surface area contributed by atoms with Gasteiger partial charge in [0.2, 0.25) is 0 Å². The first kappa shape index (κ1) is 37.7. The Bertz CT molecular complexity index is 2400. The highest BCUT2D eigenvalue weighted by Crippen LogP contribution is 2.47. The molecule has 0 fully saturated rings. The molecule has 2 aliphatic rings. The second-order valence-corrected chi connectivity index (χ2v) is 19.5. The average molecular weight is 888 g/mol. The molecular weight excluding hydrogens is 846 g/mol. The molecule has 52 heavy (non-hydrogen) atoms. The zero-order valence-corrected chi connectivity index (χ0v) is 36.4. The molecule has 7 rings (SSSR count). The molecule has 1 unspecified atom stereocenters. The number of allylic oxidation sites excluding steroid dienone is 5. The lowest BCUT2D eigenvalue weighted by Crippen LogP contribution is -2.30. The van der Waals surface area contributed by atoms with Gasteiger partial charge in [-0.25, -0.2) is 0 Å². The SMILES string of the molecule is CC#C/C(=C\c1cc2sc(C3=CC=C(c4cc5c(cc(/C=C(\C#CC)c6cccs6)n5CCC)s4)C(N(S)I)[C@@H]3C)cc2n1CCC)C1=CCCS1. The summed E-state index contributed by atoms with van der Waals surface area (Å²) in [4.78, 5) is 5.18. The maximum absolute atomic E-state index is 4.96. The molecule has 0 radical (unpaired) electrons. The van der Waals surface area contributed by atoms with E-state index in [-0.39, 0.29) is 12.0 Å². The summed E-state index contributed by atoms with van der Waals surface area (Å²) in [6.07, 6.45) is 14.9. The largest absolute Gasteiger partial charge is 0.340 e. The number of aromatic nitrogens is 2. The molecule has 0 saturated carbocycles. The fourth-order valence-corrected chi connectivity index (χ4v) is 12.4. The van der Waals surface area contributed by atoms with Crippen molar-refractivity contribution in [1.82, 2.24) is 11.7 Å². The molecule has 1 aliphatic heterocycles. The molecule has 0 bridgehead atoms. The van der Waals surface area contributed by atoms with Crippen molar-refractivity contribution >= 4 is 131 Å². The first-order valence-corrected chi connectivity index (χ1v) is 22.7. The van der Waals surface area contributed by atoms with Crippen LogP contribution >= 0.6 is 81.5 Å². The van der Waals surface area contributed by atoms with E-state index in [1.165, 1.54) is 62.5 Å². The number of fused-ring (bicyclic) bond motifs is 2. The summed E-state index contributed by atoms with van der Waals surface area (Å²) in [6.45, 7) is 12.7. The van der Waals surface area contributed by atoms with E-state index in [2.05, 4.69) is 151 Å². The molecule has 1 aliphatic carbocycles. The molecule has 0 aromatic carbocycles. The Morgan fingerprint density at radius 2 is 1.50 bits per heavy atom. The van der Waals surface area contributed by atoms with Crippen LogP contribution in [0.2, 0.25) is 0 Å². The van der Waals surface area contributed by atoms with Crippen molar-refractivity contribution in [2.24, 2.45) is 5.92 Å². The summed E-state index contributed by atoms with van der Waals surface area (Å²) in [7, 11) is 0. The molecule has 6 heterocycles. The van der Waals surface area contributed by atoms with Crippen LogP contribution in [0.25, 0.3) is 49.3 Å². The van der Waals surface area contributed by atoms with Gasteiger partial charge in [0.05, 0.1) is 26.5 Å². The van der Waals surface area contributed by atoms with Crippen LogP contribution in [-0.4, -0.2) is 23.4 Å². The van der Waals surface area contributed by atoms with Gasteiger partial charge in [-0.15, -0.1) is 57.6 Å². The van der Waals surface area contributed by atoms with Gasteiger partial charge < -0.3 is 9.13 Å². The van der Waals surface area contributed by atoms with Gasteiger partial charge in [0, 0.05) is 89.7 Å². The lowest BCUT2D eigenvalue weighted by atomic mass is 9.83. The highest BCUT2D eigenvalue weighted by molar-refractivity contribution is 14.1. The molecule has 3 nitrogen and oxygen atoms in total. The highest BCUT2D eigenvalue weighted by Gasteiger charge is 2.34. The Labute approximate surface area is 344 Å². The van der Waals surface area contributed by atoms with E-state index >= 15 is 0 Å². The van der Waals surface area contributed by atoms with Crippen molar-refractivity contribution < 1.29 is 0 Å². The van der Waals surface area contributed by atoms with Crippen molar-refractivity contribution in [2.75, 3.05) is 5.75 Å². The van der Waals surface area contributed by atoms with Crippen molar-refractivity contribution in [2.45, 2.75) is 73.0 Å². The molecule has 9 heteroatoms. The Morgan fingerprint density at radius 1 is 0.904 bits per heavy atom. The third-order valence-corrected chi connectivity index (χ3v) is 14.7. The third-order valence-electron chi connectivity index (χ3n) is 9.52. The second-order valence-electron chi connectivity index (χ2n) is 13.0. The smallest absolute Gasteiger partial charge is 0.0633 e. The van der Waals surface area contributed by atoms with Crippen molar-refractivity contribution in [1.29, 1.82) is 0 Å². The van der Waals surface area contributed by atoms with E-state index in [9.17, 15) is 0 Å². The summed E-state index contributed by atoms with van der Waals surface area (Å²) in [5.74, 6) is 14.4. The monoisotopic (exact) mass is 887 g/mol. The summed E-state index contributed by atoms with van der Waals surface area (Å²) in [6, 6.07) is 13.9. The van der Waals surface area contributed by atoms with Crippen molar-refractivity contribution in [3.8, 4) is 23.7 Å². The third kappa shape index (κ3) is 7.53. The van der Waals surface area contributed by atoms with Gasteiger partial charge in [0.15, 0.2) is 0 Å². The summed E-state index contributed by atoms with van der Waals surface area (Å²) >= 11 is 14.8. The van der Waals surface area contributed by atoms with E-state index in [0.717, 1.165) is 49.3 Å². The van der Waals surface area contributed by atoms with Crippen LogP contribution in [0.5, 0.6) is 0 Å². The van der Waals surface area contributed by atoms with Gasteiger partial charge in [-0.2, -0.15) is 2.52 Å². The molecule has 5 aromatic rings. The van der Waals surface area contributed by atoms with Crippen LogP contribution in [0.4, 0.5) is 0 Å². The number of halogens is 1. The van der Waals surface area contributed by atoms with E-state index in [1.807, 2.05) is 48.3 Å². The number of thiophene rings is 3. The minimum atomic E-state index is 0.126. The number of aryl methyl sites for hydroxylation is 2. The Balaban J connectivity index is 1.26. The minimum absolute atomic E-state index is 0.126. The summed E-state index contributed by atoms with van der Waals surface area (Å²) in [5, 5.41) is 2.12. The van der Waals surface area contributed by atoms with E-state index in [4.69, 9.17) is 12.8 Å². The van der Waals surface area contributed by atoms with E-state index in [0.29, 0.717) is 0 Å². The fraction of sp³-hybridized carbons (Fsp3) is 0.302. The van der Waals surface area contributed by atoms with Gasteiger partial charge in [-0.1, -0.05) is 69.7 Å². The van der Waals surface area contributed by atoms with Gasteiger partial charge in [-0.3, -0.25) is 0 Å². The zero-order valence-electron chi connectivity index (χ0n) is 30.1. The predicted octanol–water partition coefficient (Wildman–Crippen LogP) is 13.6. The normalized spacial score (nSPS) is 18.0. The number of hydrogen-bond donors (Lipinski definition) is 1. The maximum atomic E-state index is 4.96. The fourth-order valence-electron chi connectivity index (χ4n) is 7.24. The lowest BCUT2D eigenvalue weighted by Gasteiger charge is -2.33. The molecule has 266 valence electrons. The summed E-state index contributed by atoms with van der Waals surface area (Å²) in [5.41, 5.74) is 9.99. The Hall–Kier alpha value is -2.61. The Kier molecular flexibility index (Phi) is 12.2. The molecule has 0 N–H and O–H groups in total. The van der Waals surface area contributed by atoms with Crippen LogP contribution in [-0.2, 0) is 13.1 Å². The molecule has 2 atom stereocenters. The minimum Gasteiger partial charge on any atom is -0.340 e. The first-order chi connectivity index (χ1) is 25.3. The highest BCUT2D eigenvalue weighted by atomic mass is 127. The number of nitrogens with zero attached hydrogens (tertiary/aromatic N) is 3. The molecule has 0 amide bonds. The topological polar surface area (TPSA) is 13.1 Å². The average Bonchev–Trinajstić information content (AvgIpc) is 3.97. The maximum Gasteiger partial charge on any atom is 0.0633 e. The van der Waals surface area contributed by atoms with Gasteiger partial charge in [0.25, 0.3) is 0 Å². The zero-order chi connectivity index (χ0) is 36.4. The van der Waals surface area contributed by atoms with E-state index < -0.39 is 0 Å². The molecule has 5 aromatic heterocycles. The van der Waals surface area contributed by atoms with Crippen LogP contribution in [0, 0.1) is 29.6 Å². The van der Waals surface area contributed by atoms with Crippen LogP contribution in [0.3, 0.4) is 0 Å².